The zero-order valence-electron chi connectivity index (χ0n) is 39.5. The second-order valence-corrected chi connectivity index (χ2v) is 20.3. The lowest BCUT2D eigenvalue weighted by Gasteiger charge is -2.30. The Kier molecular flexibility index (Phi) is 41.5. The molecule has 0 radical (unpaired) electrons. The van der Waals surface area contributed by atoms with E-state index in [2.05, 4.69) is 19.2 Å². The number of amides is 1. The second-order valence-electron chi connectivity index (χ2n) is 18.9. The van der Waals surface area contributed by atoms with Crippen molar-refractivity contribution in [3.05, 3.63) is 0 Å². The molecular weight excluding hydrogens is 744 g/mol. The summed E-state index contributed by atoms with van der Waals surface area (Å²) < 4.78 is 23.3. The van der Waals surface area contributed by atoms with Crippen LogP contribution in [0.15, 0.2) is 0 Å². The number of nitrogens with one attached hydrogen (secondary N) is 1. The molecule has 9 heteroatoms. The summed E-state index contributed by atoms with van der Waals surface area (Å²) >= 11 is 0. The average molecular weight is 845 g/mol. The number of quaternary nitrogens is 1. The summed E-state index contributed by atoms with van der Waals surface area (Å²) in [4.78, 5) is 25.4. The van der Waals surface area contributed by atoms with Crippen LogP contribution in [0.1, 0.15) is 258 Å². The van der Waals surface area contributed by atoms with Gasteiger partial charge in [0.15, 0.2) is 0 Å². The van der Waals surface area contributed by atoms with Crippen LogP contribution in [-0.2, 0) is 18.4 Å². The van der Waals surface area contributed by atoms with Crippen LogP contribution in [0.3, 0.4) is 0 Å². The highest BCUT2D eigenvalue weighted by atomic mass is 31.2. The molecule has 1 amide bonds. The van der Waals surface area contributed by atoms with Gasteiger partial charge in [-0.1, -0.05) is 239 Å². The molecule has 0 saturated carbocycles. The molecule has 0 aromatic carbocycles. The van der Waals surface area contributed by atoms with Crippen LogP contribution in [0.5, 0.6) is 0 Å². The minimum atomic E-state index is -4.56. The van der Waals surface area contributed by atoms with Crippen molar-refractivity contribution in [3.63, 3.8) is 0 Å². The highest BCUT2D eigenvalue weighted by Gasteiger charge is 2.24. The van der Waals surface area contributed by atoms with Gasteiger partial charge in [-0.3, -0.25) is 9.36 Å². The molecular formula is C49H101N2O6P. The van der Waals surface area contributed by atoms with Gasteiger partial charge in [0.1, 0.15) is 13.2 Å². The summed E-state index contributed by atoms with van der Waals surface area (Å²) in [6.07, 6.45) is 46.9. The maximum Gasteiger partial charge on any atom is 0.268 e. The van der Waals surface area contributed by atoms with Crippen LogP contribution in [0, 0.1) is 0 Å². The fraction of sp³-hybridized carbons (Fsp3) is 0.980. The Bertz CT molecular complexity index is 916. The number of carbonyl (C=O) groups excluding carboxylic acids is 1. The van der Waals surface area contributed by atoms with Crippen molar-refractivity contribution in [3.8, 4) is 0 Å². The van der Waals surface area contributed by atoms with Gasteiger partial charge < -0.3 is 28.8 Å². The minimum absolute atomic E-state index is 0.0162. The second kappa shape index (κ2) is 41.8. The lowest BCUT2D eigenvalue weighted by Crippen LogP contribution is -2.46. The van der Waals surface area contributed by atoms with E-state index in [1.807, 2.05) is 21.1 Å². The molecule has 0 aliphatic heterocycles. The predicted molar refractivity (Wildman–Crippen MR) is 247 cm³/mol. The van der Waals surface area contributed by atoms with Crippen molar-refractivity contribution in [2.45, 2.75) is 270 Å². The number of phosphoric ester groups is 1. The molecule has 58 heavy (non-hydrogen) atoms. The summed E-state index contributed by atoms with van der Waals surface area (Å²) in [6, 6.07) is -0.793. The Hall–Kier alpha value is -0.500. The van der Waals surface area contributed by atoms with E-state index in [-0.39, 0.29) is 19.1 Å². The van der Waals surface area contributed by atoms with E-state index in [0.717, 1.165) is 38.5 Å². The third-order valence-corrected chi connectivity index (χ3v) is 12.8. The summed E-state index contributed by atoms with van der Waals surface area (Å²) in [5, 5.41) is 13.9. The first-order valence-corrected chi connectivity index (χ1v) is 26.8. The van der Waals surface area contributed by atoms with Gasteiger partial charge in [-0.15, -0.1) is 0 Å². The maximum absolute atomic E-state index is 12.9. The number of hydrogen-bond donors (Lipinski definition) is 2. The number of hydrogen-bond acceptors (Lipinski definition) is 6. The van der Waals surface area contributed by atoms with Gasteiger partial charge in [0.05, 0.1) is 39.9 Å². The summed E-state index contributed by atoms with van der Waals surface area (Å²) in [7, 11) is 1.32. The van der Waals surface area contributed by atoms with Crippen LogP contribution < -0.4 is 10.2 Å². The fourth-order valence-electron chi connectivity index (χ4n) is 7.81. The lowest BCUT2D eigenvalue weighted by molar-refractivity contribution is -0.870. The van der Waals surface area contributed by atoms with Gasteiger partial charge in [-0.25, -0.2) is 0 Å². The highest BCUT2D eigenvalue weighted by molar-refractivity contribution is 7.45. The Morgan fingerprint density at radius 2 is 0.845 bits per heavy atom. The third kappa shape index (κ3) is 43.6. The van der Waals surface area contributed by atoms with E-state index in [1.165, 1.54) is 193 Å². The molecule has 0 fully saturated rings. The standard InChI is InChI=1S/C49H101N2O6P/c1-6-8-10-12-14-16-18-20-21-22-23-24-25-26-27-28-29-31-33-35-37-39-41-43-49(53)50-47(46-57-58(54,55)56-45-44-51(3,4)5)48(52)42-40-38-36-34-32-30-19-17-15-13-11-9-7-2/h47-48,52H,6-46H2,1-5H3,(H-,50,53,54,55)/t47-,48+/m0/s1. The van der Waals surface area contributed by atoms with Gasteiger partial charge in [0, 0.05) is 6.42 Å². The third-order valence-electron chi connectivity index (χ3n) is 11.8. The molecule has 0 bridgehead atoms. The molecule has 8 nitrogen and oxygen atoms in total. The predicted octanol–water partition coefficient (Wildman–Crippen LogP) is 13.9. The summed E-state index contributed by atoms with van der Waals surface area (Å²) in [6.45, 7) is 4.75. The zero-order valence-corrected chi connectivity index (χ0v) is 40.4. The maximum atomic E-state index is 12.9. The van der Waals surface area contributed by atoms with E-state index < -0.39 is 20.0 Å². The number of phosphoric acid groups is 1. The molecule has 0 aromatic rings. The van der Waals surface area contributed by atoms with Gasteiger partial charge in [-0.2, -0.15) is 0 Å². The molecule has 0 aromatic heterocycles. The van der Waals surface area contributed by atoms with E-state index >= 15 is 0 Å². The number of unbranched alkanes of at least 4 members (excludes halogenated alkanes) is 34. The number of aliphatic hydroxyl groups excluding tert-OH is 1. The molecule has 0 rings (SSSR count). The van der Waals surface area contributed by atoms with Crippen LogP contribution in [0.25, 0.3) is 0 Å². The Morgan fingerprint density at radius 3 is 1.17 bits per heavy atom. The quantitative estimate of drug-likeness (QED) is 0.0359. The number of carbonyl (C=O) groups is 1. The number of likely N-dealkylation sites (N-methyl/N-ethyl adjacent to an activating group) is 1. The molecule has 3 atom stereocenters. The number of rotatable bonds is 47. The topological polar surface area (TPSA) is 108 Å². The van der Waals surface area contributed by atoms with E-state index in [1.54, 1.807) is 0 Å². The molecule has 1 unspecified atom stereocenters. The van der Waals surface area contributed by atoms with Gasteiger partial charge >= 0.3 is 0 Å². The fourth-order valence-corrected chi connectivity index (χ4v) is 8.53. The van der Waals surface area contributed by atoms with Crippen molar-refractivity contribution >= 4 is 13.7 Å². The van der Waals surface area contributed by atoms with E-state index in [0.29, 0.717) is 23.9 Å². The molecule has 0 heterocycles. The number of nitrogens with zero attached hydrogens (tertiary/aromatic N) is 1. The Balaban J connectivity index is 4.15. The van der Waals surface area contributed by atoms with Gasteiger partial charge in [0.25, 0.3) is 7.82 Å². The monoisotopic (exact) mass is 845 g/mol. The van der Waals surface area contributed by atoms with Crippen molar-refractivity contribution in [2.75, 3.05) is 40.9 Å². The van der Waals surface area contributed by atoms with Crippen molar-refractivity contribution < 1.29 is 32.9 Å². The SMILES string of the molecule is CCCCCCCCCCCCCCCCCCCCCCCCCC(=O)N[C@@H](COP(=O)([O-])OCC[N+](C)(C)C)[C@H](O)CCCCCCCCCCCCCCC. The van der Waals surface area contributed by atoms with Crippen molar-refractivity contribution in [2.24, 2.45) is 0 Å². The highest BCUT2D eigenvalue weighted by Crippen LogP contribution is 2.38. The smallest absolute Gasteiger partial charge is 0.268 e. The van der Waals surface area contributed by atoms with Gasteiger partial charge in [0.2, 0.25) is 5.91 Å². The van der Waals surface area contributed by atoms with Crippen molar-refractivity contribution in [1.29, 1.82) is 0 Å². The first-order chi connectivity index (χ1) is 28.0. The van der Waals surface area contributed by atoms with Crippen molar-refractivity contribution in [1.82, 2.24) is 5.32 Å². The lowest BCUT2D eigenvalue weighted by atomic mass is 10.0. The molecule has 2 N–H and O–H groups in total. The molecule has 348 valence electrons. The Morgan fingerprint density at radius 1 is 0.534 bits per heavy atom. The van der Waals surface area contributed by atoms with Crippen LogP contribution in [0.4, 0.5) is 0 Å². The molecule has 0 aliphatic rings. The summed E-state index contributed by atoms with van der Waals surface area (Å²) in [5.74, 6) is -0.159. The van der Waals surface area contributed by atoms with E-state index in [9.17, 15) is 19.4 Å². The van der Waals surface area contributed by atoms with E-state index in [4.69, 9.17) is 9.05 Å². The van der Waals surface area contributed by atoms with Crippen LogP contribution in [-0.4, -0.2) is 68.5 Å². The molecule has 0 saturated heterocycles. The zero-order chi connectivity index (χ0) is 42.8. The Labute approximate surface area is 361 Å². The number of aliphatic hydroxyl groups is 1. The van der Waals surface area contributed by atoms with Crippen LogP contribution >= 0.6 is 7.82 Å². The molecule has 0 aliphatic carbocycles. The average Bonchev–Trinajstić information content (AvgIpc) is 3.17. The minimum Gasteiger partial charge on any atom is -0.756 e. The first-order valence-electron chi connectivity index (χ1n) is 25.4. The first kappa shape index (κ1) is 57.5. The largest absolute Gasteiger partial charge is 0.756 e. The van der Waals surface area contributed by atoms with Crippen LogP contribution in [0.2, 0.25) is 0 Å². The normalized spacial score (nSPS) is 14.1. The van der Waals surface area contributed by atoms with Gasteiger partial charge in [-0.05, 0) is 12.8 Å². The molecule has 0 spiro atoms. The summed E-state index contributed by atoms with van der Waals surface area (Å²) in [5.41, 5.74) is 0.